The number of fused-ring (bicyclic) bond motifs is 1. The van der Waals surface area contributed by atoms with Gasteiger partial charge in [0.15, 0.2) is 16.6 Å². The molecule has 0 bridgehead atoms. The fourth-order valence-corrected chi connectivity index (χ4v) is 4.47. The monoisotopic (exact) mass is 504 g/mol. The van der Waals surface area contributed by atoms with E-state index in [9.17, 15) is 22.8 Å². The number of carbonyl (C=O) groups is 2. The summed E-state index contributed by atoms with van der Waals surface area (Å²) >= 11 is 5.53. The predicted octanol–water partition coefficient (Wildman–Crippen LogP) is 3.38. The number of carbonyl (C=O) groups excluding carboxylic acids is 2. The number of hydrogen-bond acceptors (Lipinski definition) is 6. The van der Waals surface area contributed by atoms with Crippen LogP contribution in [0.4, 0.5) is 24.5 Å². The summed E-state index contributed by atoms with van der Waals surface area (Å²) in [6.45, 7) is 3.16. The number of halogens is 3. The molecule has 1 saturated heterocycles. The van der Waals surface area contributed by atoms with Crippen LogP contribution in [0.15, 0.2) is 36.4 Å². The largest absolute Gasteiger partial charge is 0.485 e. The van der Waals surface area contributed by atoms with E-state index >= 15 is 0 Å². The summed E-state index contributed by atoms with van der Waals surface area (Å²) in [4.78, 5) is 27.7. The van der Waals surface area contributed by atoms with Gasteiger partial charge < -0.3 is 19.7 Å². The number of alkyl halides is 3. The summed E-state index contributed by atoms with van der Waals surface area (Å²) in [5, 5.41) is 11.5. The molecule has 182 valence electrons. The Morgan fingerprint density at radius 2 is 1.89 bits per heavy atom. The molecule has 2 aliphatic heterocycles. The van der Waals surface area contributed by atoms with Gasteiger partial charge in [-0.3, -0.25) is 14.5 Å². The van der Waals surface area contributed by atoms with E-state index in [2.05, 4.69) is 5.32 Å². The second-order valence-corrected chi connectivity index (χ2v) is 8.68. The van der Waals surface area contributed by atoms with Crippen LogP contribution in [0.2, 0.25) is 0 Å². The van der Waals surface area contributed by atoms with Crippen molar-refractivity contribution in [2.24, 2.45) is 0 Å². The SMILES string of the molecule is CNC(=O)C1COc2cc(N3C(=S)N(c4ccc(C#N)c(C(F)(F)F)c4)C(=O)C3(C)C)ccc2O1. The molecular formula is C23H19F3N4O4S. The highest BCUT2D eigenvalue weighted by Crippen LogP contribution is 2.42. The number of nitriles is 1. The van der Waals surface area contributed by atoms with Gasteiger partial charge in [0.05, 0.1) is 22.9 Å². The lowest BCUT2D eigenvalue weighted by atomic mass is 10.0. The first kappa shape index (κ1) is 24.3. The lowest BCUT2D eigenvalue weighted by Gasteiger charge is -2.31. The summed E-state index contributed by atoms with van der Waals surface area (Å²) in [5.74, 6) is -0.245. The Labute approximate surface area is 203 Å². The summed E-state index contributed by atoms with van der Waals surface area (Å²) < 4.78 is 51.8. The molecule has 1 fully saturated rings. The number of nitrogens with zero attached hydrogens (tertiary/aromatic N) is 3. The van der Waals surface area contributed by atoms with Gasteiger partial charge in [-0.1, -0.05) is 0 Å². The molecule has 0 aliphatic carbocycles. The molecule has 8 nitrogen and oxygen atoms in total. The van der Waals surface area contributed by atoms with Crippen LogP contribution in [0.1, 0.15) is 25.0 Å². The standard InChI is InChI=1S/C23H19F3N4O4S/c1-22(2)20(32)29(13-5-4-12(10-27)15(8-13)23(24,25)26)21(35)30(22)14-6-7-16-17(9-14)33-11-18(34-16)19(31)28-3/h4-9,18H,11H2,1-3H3,(H,28,31). The van der Waals surface area contributed by atoms with Gasteiger partial charge in [-0.25, -0.2) is 0 Å². The molecule has 12 heteroatoms. The van der Waals surface area contributed by atoms with Crippen LogP contribution >= 0.6 is 12.2 Å². The molecule has 2 heterocycles. The van der Waals surface area contributed by atoms with Crippen molar-refractivity contribution in [3.8, 4) is 17.6 Å². The number of nitrogens with one attached hydrogen (secondary N) is 1. The minimum absolute atomic E-state index is 0.0273. The van der Waals surface area contributed by atoms with Gasteiger partial charge in [0, 0.05) is 18.8 Å². The van der Waals surface area contributed by atoms with Gasteiger partial charge in [0.25, 0.3) is 11.8 Å². The zero-order valence-corrected chi connectivity index (χ0v) is 19.6. The van der Waals surface area contributed by atoms with Crippen LogP contribution in [0.5, 0.6) is 11.5 Å². The molecule has 0 saturated carbocycles. The Balaban J connectivity index is 1.71. The van der Waals surface area contributed by atoms with E-state index < -0.39 is 34.9 Å². The lowest BCUT2D eigenvalue weighted by molar-refractivity contribution is -0.137. The van der Waals surface area contributed by atoms with Crippen molar-refractivity contribution in [1.29, 1.82) is 5.26 Å². The number of thiocarbonyl (C=S) groups is 1. The maximum atomic E-state index is 13.5. The van der Waals surface area contributed by atoms with Crippen molar-refractivity contribution in [1.82, 2.24) is 5.32 Å². The Bertz CT molecular complexity index is 1290. The van der Waals surface area contributed by atoms with Crippen molar-refractivity contribution < 1.29 is 32.2 Å². The highest BCUT2D eigenvalue weighted by Gasteiger charge is 2.51. The van der Waals surface area contributed by atoms with E-state index in [1.807, 2.05) is 0 Å². The van der Waals surface area contributed by atoms with Crippen molar-refractivity contribution in [3.63, 3.8) is 0 Å². The Hall–Kier alpha value is -3.85. The van der Waals surface area contributed by atoms with Crippen molar-refractivity contribution in [2.75, 3.05) is 23.5 Å². The van der Waals surface area contributed by atoms with Crippen molar-refractivity contribution in [3.05, 3.63) is 47.5 Å². The van der Waals surface area contributed by atoms with Crippen LogP contribution in [0.25, 0.3) is 0 Å². The summed E-state index contributed by atoms with van der Waals surface area (Å²) in [6, 6.07) is 9.28. The minimum atomic E-state index is -4.79. The quantitative estimate of drug-likeness (QED) is 0.641. The van der Waals surface area contributed by atoms with Crippen LogP contribution in [0, 0.1) is 11.3 Å². The molecule has 1 N–H and O–H groups in total. The van der Waals surface area contributed by atoms with Gasteiger partial charge in [0.1, 0.15) is 12.1 Å². The number of likely N-dealkylation sites (N-methyl/N-ethyl adjacent to an activating group) is 1. The molecule has 2 aliphatic rings. The lowest BCUT2D eigenvalue weighted by Crippen LogP contribution is -2.44. The van der Waals surface area contributed by atoms with Crippen LogP contribution < -0.4 is 24.6 Å². The molecule has 2 aromatic rings. The van der Waals surface area contributed by atoms with Gasteiger partial charge in [-0.2, -0.15) is 18.4 Å². The number of hydrogen-bond donors (Lipinski definition) is 1. The van der Waals surface area contributed by atoms with E-state index in [1.165, 1.54) is 24.1 Å². The third kappa shape index (κ3) is 4.01. The molecule has 2 amide bonds. The van der Waals surface area contributed by atoms with E-state index in [1.54, 1.807) is 32.0 Å². The average Bonchev–Trinajstić information content (AvgIpc) is 3.00. The number of anilines is 2. The van der Waals surface area contributed by atoms with Crippen LogP contribution in [-0.2, 0) is 15.8 Å². The average molecular weight is 504 g/mol. The molecule has 0 radical (unpaired) electrons. The number of ether oxygens (including phenoxy) is 2. The van der Waals surface area contributed by atoms with E-state index in [-0.39, 0.29) is 23.3 Å². The molecule has 0 spiro atoms. The van der Waals surface area contributed by atoms with Crippen molar-refractivity contribution in [2.45, 2.75) is 31.7 Å². The molecule has 4 rings (SSSR count). The normalized spacial score (nSPS) is 18.9. The van der Waals surface area contributed by atoms with E-state index in [0.29, 0.717) is 17.2 Å². The van der Waals surface area contributed by atoms with Crippen LogP contribution in [0.3, 0.4) is 0 Å². The smallest absolute Gasteiger partial charge is 0.417 e. The summed E-state index contributed by atoms with van der Waals surface area (Å²) in [5.41, 5.74) is -2.63. The van der Waals surface area contributed by atoms with Gasteiger partial charge in [0.2, 0.25) is 6.10 Å². The molecular weight excluding hydrogens is 485 g/mol. The van der Waals surface area contributed by atoms with E-state index in [4.69, 9.17) is 27.0 Å². The molecule has 35 heavy (non-hydrogen) atoms. The molecule has 1 unspecified atom stereocenters. The highest BCUT2D eigenvalue weighted by molar-refractivity contribution is 7.81. The first-order chi connectivity index (χ1) is 16.4. The second-order valence-electron chi connectivity index (χ2n) is 8.32. The van der Waals surface area contributed by atoms with Gasteiger partial charge in [-0.05, 0) is 56.4 Å². The Kier molecular flexibility index (Phi) is 5.84. The zero-order valence-electron chi connectivity index (χ0n) is 18.8. The Morgan fingerprint density at radius 1 is 1.20 bits per heavy atom. The number of rotatable bonds is 3. The highest BCUT2D eigenvalue weighted by atomic mass is 32.1. The van der Waals surface area contributed by atoms with E-state index in [0.717, 1.165) is 17.0 Å². The third-order valence-electron chi connectivity index (χ3n) is 5.74. The Morgan fingerprint density at radius 3 is 2.51 bits per heavy atom. The predicted molar refractivity (Wildman–Crippen MR) is 123 cm³/mol. The number of amides is 2. The van der Waals surface area contributed by atoms with Gasteiger partial charge >= 0.3 is 6.18 Å². The third-order valence-corrected chi connectivity index (χ3v) is 6.10. The summed E-state index contributed by atoms with van der Waals surface area (Å²) in [7, 11) is 1.48. The minimum Gasteiger partial charge on any atom is -0.485 e. The van der Waals surface area contributed by atoms with Crippen molar-refractivity contribution >= 4 is 40.5 Å². The van der Waals surface area contributed by atoms with Gasteiger partial charge in [-0.15, -0.1) is 0 Å². The fraction of sp³-hybridized carbons (Fsp3) is 0.304. The topological polar surface area (TPSA) is 94.9 Å². The summed E-state index contributed by atoms with van der Waals surface area (Å²) in [6.07, 6.45) is -5.61. The second kappa shape index (κ2) is 8.42. The fourth-order valence-electron chi connectivity index (χ4n) is 3.95. The number of benzene rings is 2. The zero-order chi connectivity index (χ0) is 25.7. The molecule has 0 aromatic heterocycles. The maximum absolute atomic E-state index is 13.5. The van der Waals surface area contributed by atoms with Crippen LogP contribution in [-0.4, -0.2) is 42.2 Å². The first-order valence-corrected chi connectivity index (χ1v) is 10.8. The first-order valence-electron chi connectivity index (χ1n) is 10.4. The maximum Gasteiger partial charge on any atom is 0.417 e. The molecule has 2 aromatic carbocycles. The molecule has 1 atom stereocenters.